The molecule has 0 spiro atoms. The first kappa shape index (κ1) is 10.7. The highest BCUT2D eigenvalue weighted by Crippen LogP contribution is 2.28. The summed E-state index contributed by atoms with van der Waals surface area (Å²) in [5.41, 5.74) is 2.98. The first-order valence-electron chi connectivity index (χ1n) is 5.90. The maximum atomic E-state index is 5.80. The van der Waals surface area contributed by atoms with Crippen LogP contribution in [0.1, 0.15) is 23.9 Å². The van der Waals surface area contributed by atoms with E-state index in [2.05, 4.69) is 23.3 Å². The molecule has 3 rings (SSSR count). The number of benzene rings is 1. The maximum absolute atomic E-state index is 5.80. The SMILES string of the molecule is COC1CNC(c2nc3c(C)cccc3o2)C1. The lowest BCUT2D eigenvalue weighted by Crippen LogP contribution is -2.16. The van der Waals surface area contributed by atoms with Crippen molar-refractivity contribution >= 4 is 11.1 Å². The number of aryl methyl sites for hydroxylation is 1. The number of nitrogens with one attached hydrogen (secondary N) is 1. The average molecular weight is 232 g/mol. The summed E-state index contributed by atoms with van der Waals surface area (Å²) in [6.07, 6.45) is 1.18. The van der Waals surface area contributed by atoms with Crippen molar-refractivity contribution in [3.63, 3.8) is 0 Å². The first-order chi connectivity index (χ1) is 8.28. The first-order valence-corrected chi connectivity index (χ1v) is 5.90. The molecule has 1 N–H and O–H groups in total. The zero-order valence-corrected chi connectivity index (χ0v) is 10.1. The lowest BCUT2D eigenvalue weighted by atomic mass is 10.2. The van der Waals surface area contributed by atoms with Crippen molar-refractivity contribution in [3.8, 4) is 0 Å². The van der Waals surface area contributed by atoms with Crippen LogP contribution < -0.4 is 5.32 Å². The van der Waals surface area contributed by atoms with E-state index in [9.17, 15) is 0 Å². The number of oxazole rings is 1. The van der Waals surface area contributed by atoms with Gasteiger partial charge >= 0.3 is 0 Å². The van der Waals surface area contributed by atoms with Crippen LogP contribution in [0.15, 0.2) is 22.6 Å². The van der Waals surface area contributed by atoms with E-state index in [1.54, 1.807) is 7.11 Å². The molecule has 2 aromatic rings. The Bertz CT molecular complexity index is 535. The molecule has 1 fully saturated rings. The molecule has 17 heavy (non-hydrogen) atoms. The van der Waals surface area contributed by atoms with E-state index >= 15 is 0 Å². The molecule has 0 amide bonds. The molecule has 0 saturated carbocycles. The predicted octanol–water partition coefficient (Wildman–Crippen LogP) is 2.19. The summed E-state index contributed by atoms with van der Waals surface area (Å²) in [5.74, 6) is 0.772. The molecule has 1 aromatic heterocycles. The Morgan fingerprint density at radius 3 is 3.06 bits per heavy atom. The van der Waals surface area contributed by atoms with Crippen LogP contribution in [0.3, 0.4) is 0 Å². The van der Waals surface area contributed by atoms with Gasteiger partial charge < -0.3 is 14.5 Å². The van der Waals surface area contributed by atoms with E-state index in [-0.39, 0.29) is 12.1 Å². The molecule has 2 unspecified atom stereocenters. The Hall–Kier alpha value is -1.39. The molecule has 90 valence electrons. The fraction of sp³-hybridized carbons (Fsp3) is 0.462. The van der Waals surface area contributed by atoms with Crippen LogP contribution in [0.2, 0.25) is 0 Å². The van der Waals surface area contributed by atoms with Gasteiger partial charge in [-0.25, -0.2) is 4.98 Å². The molecular formula is C13H16N2O2. The molecule has 1 saturated heterocycles. The summed E-state index contributed by atoms with van der Waals surface area (Å²) in [5, 5.41) is 3.37. The number of fused-ring (bicyclic) bond motifs is 1. The number of rotatable bonds is 2. The fourth-order valence-electron chi connectivity index (χ4n) is 2.32. The summed E-state index contributed by atoms with van der Waals surface area (Å²) < 4.78 is 11.1. The number of para-hydroxylation sites is 1. The van der Waals surface area contributed by atoms with E-state index in [0.29, 0.717) is 0 Å². The lowest BCUT2D eigenvalue weighted by molar-refractivity contribution is 0.116. The van der Waals surface area contributed by atoms with Crippen molar-refractivity contribution in [1.29, 1.82) is 0 Å². The van der Waals surface area contributed by atoms with Crippen molar-refractivity contribution in [2.24, 2.45) is 0 Å². The zero-order valence-electron chi connectivity index (χ0n) is 10.1. The van der Waals surface area contributed by atoms with Gasteiger partial charge in [-0.1, -0.05) is 12.1 Å². The number of methoxy groups -OCH3 is 1. The number of nitrogens with zero attached hydrogens (tertiary/aromatic N) is 1. The van der Waals surface area contributed by atoms with Gasteiger partial charge in [-0.05, 0) is 25.0 Å². The Kier molecular flexibility index (Phi) is 2.61. The van der Waals surface area contributed by atoms with Crippen LogP contribution >= 0.6 is 0 Å². The standard InChI is InChI=1S/C13H16N2O2/c1-8-4-3-5-11-12(8)15-13(17-11)10-6-9(16-2)7-14-10/h3-5,9-10,14H,6-7H2,1-2H3. The zero-order chi connectivity index (χ0) is 11.8. The molecule has 4 nitrogen and oxygen atoms in total. The molecular weight excluding hydrogens is 216 g/mol. The minimum absolute atomic E-state index is 0.173. The van der Waals surface area contributed by atoms with Gasteiger partial charge in [0.2, 0.25) is 5.89 Å². The van der Waals surface area contributed by atoms with Crippen LogP contribution in [0.5, 0.6) is 0 Å². The third kappa shape index (κ3) is 1.83. The van der Waals surface area contributed by atoms with Crippen molar-refractivity contribution in [2.45, 2.75) is 25.5 Å². The lowest BCUT2D eigenvalue weighted by Gasteiger charge is -2.04. The quantitative estimate of drug-likeness (QED) is 0.862. The van der Waals surface area contributed by atoms with Crippen molar-refractivity contribution in [3.05, 3.63) is 29.7 Å². The predicted molar refractivity (Wildman–Crippen MR) is 64.9 cm³/mol. The van der Waals surface area contributed by atoms with Gasteiger partial charge in [0.15, 0.2) is 5.58 Å². The van der Waals surface area contributed by atoms with E-state index < -0.39 is 0 Å². The number of ether oxygens (including phenoxy) is 1. The Labute approximate surface area is 100.0 Å². The summed E-state index contributed by atoms with van der Waals surface area (Å²) >= 11 is 0. The monoisotopic (exact) mass is 232 g/mol. The highest BCUT2D eigenvalue weighted by atomic mass is 16.5. The smallest absolute Gasteiger partial charge is 0.212 e. The van der Waals surface area contributed by atoms with Gasteiger partial charge in [0, 0.05) is 13.7 Å². The van der Waals surface area contributed by atoms with Gasteiger partial charge in [0.1, 0.15) is 5.52 Å². The van der Waals surface area contributed by atoms with Crippen LogP contribution in [-0.2, 0) is 4.74 Å². The van der Waals surface area contributed by atoms with E-state index in [1.165, 1.54) is 0 Å². The molecule has 1 aromatic carbocycles. The van der Waals surface area contributed by atoms with Gasteiger partial charge in [0.25, 0.3) is 0 Å². The van der Waals surface area contributed by atoms with Crippen LogP contribution in [0.25, 0.3) is 11.1 Å². The van der Waals surface area contributed by atoms with E-state index in [0.717, 1.165) is 35.5 Å². The molecule has 0 bridgehead atoms. The van der Waals surface area contributed by atoms with Crippen LogP contribution in [0, 0.1) is 6.92 Å². The number of aromatic nitrogens is 1. The van der Waals surface area contributed by atoms with Crippen molar-refractivity contribution < 1.29 is 9.15 Å². The molecule has 2 heterocycles. The fourth-order valence-corrected chi connectivity index (χ4v) is 2.32. The molecule has 4 heteroatoms. The highest BCUT2D eigenvalue weighted by molar-refractivity contribution is 5.76. The third-order valence-electron chi connectivity index (χ3n) is 3.36. The molecule has 0 radical (unpaired) electrons. The second kappa shape index (κ2) is 4.13. The second-order valence-corrected chi connectivity index (χ2v) is 4.53. The molecule has 0 aliphatic carbocycles. The van der Waals surface area contributed by atoms with Gasteiger partial charge in [-0.15, -0.1) is 0 Å². The minimum Gasteiger partial charge on any atom is -0.439 e. The second-order valence-electron chi connectivity index (χ2n) is 4.53. The topological polar surface area (TPSA) is 47.3 Å². The van der Waals surface area contributed by atoms with E-state index in [1.807, 2.05) is 12.1 Å². The Morgan fingerprint density at radius 2 is 2.35 bits per heavy atom. The molecule has 2 atom stereocenters. The minimum atomic E-state index is 0.173. The van der Waals surface area contributed by atoms with Crippen molar-refractivity contribution in [2.75, 3.05) is 13.7 Å². The van der Waals surface area contributed by atoms with Crippen molar-refractivity contribution in [1.82, 2.24) is 10.3 Å². The molecule has 1 aliphatic heterocycles. The summed E-state index contributed by atoms with van der Waals surface area (Å²) in [6, 6.07) is 6.18. The van der Waals surface area contributed by atoms with Crippen LogP contribution in [-0.4, -0.2) is 24.7 Å². The Balaban J connectivity index is 1.94. The molecule has 1 aliphatic rings. The normalized spacial score (nSPS) is 24.6. The summed E-state index contributed by atoms with van der Waals surface area (Å²) in [4.78, 5) is 4.58. The average Bonchev–Trinajstić information content (AvgIpc) is 2.95. The van der Waals surface area contributed by atoms with Gasteiger partial charge in [-0.3, -0.25) is 0 Å². The Morgan fingerprint density at radius 1 is 1.47 bits per heavy atom. The highest BCUT2D eigenvalue weighted by Gasteiger charge is 2.28. The maximum Gasteiger partial charge on any atom is 0.212 e. The van der Waals surface area contributed by atoms with E-state index in [4.69, 9.17) is 9.15 Å². The number of hydrogen-bond acceptors (Lipinski definition) is 4. The number of hydrogen-bond donors (Lipinski definition) is 1. The van der Waals surface area contributed by atoms with Crippen LogP contribution in [0.4, 0.5) is 0 Å². The third-order valence-corrected chi connectivity index (χ3v) is 3.36. The van der Waals surface area contributed by atoms with Gasteiger partial charge in [0.05, 0.1) is 12.1 Å². The summed E-state index contributed by atoms with van der Waals surface area (Å²) in [6.45, 7) is 2.91. The van der Waals surface area contributed by atoms with Gasteiger partial charge in [-0.2, -0.15) is 0 Å². The summed E-state index contributed by atoms with van der Waals surface area (Å²) in [7, 11) is 1.74. The largest absolute Gasteiger partial charge is 0.439 e.